The number of nitrogens with zero attached hydrogens (tertiary/aromatic N) is 3. The van der Waals surface area contributed by atoms with Crippen molar-refractivity contribution in [2.45, 2.75) is 39.4 Å². The van der Waals surface area contributed by atoms with E-state index in [1.807, 2.05) is 36.0 Å². The van der Waals surface area contributed by atoms with E-state index >= 15 is 0 Å². The summed E-state index contributed by atoms with van der Waals surface area (Å²) in [5, 5.41) is 7.49. The van der Waals surface area contributed by atoms with Gasteiger partial charge in [-0.25, -0.2) is 0 Å². The Balaban J connectivity index is 1.79. The number of aromatic nitrogens is 2. The van der Waals surface area contributed by atoms with Crippen LogP contribution in [0.2, 0.25) is 0 Å². The summed E-state index contributed by atoms with van der Waals surface area (Å²) in [6, 6.07) is 6.02. The molecular weight excluding hydrogens is 280 g/mol. The number of carbonyl (C=O) groups is 1. The van der Waals surface area contributed by atoms with Gasteiger partial charge in [0.05, 0.1) is 19.1 Å². The lowest BCUT2D eigenvalue weighted by Crippen LogP contribution is -2.41. The molecule has 0 aliphatic rings. The molecule has 0 fully saturated rings. The van der Waals surface area contributed by atoms with Gasteiger partial charge in [0.1, 0.15) is 11.5 Å². The van der Waals surface area contributed by atoms with Crippen molar-refractivity contribution in [3.8, 4) is 0 Å². The zero-order valence-electron chi connectivity index (χ0n) is 13.6. The zero-order valence-corrected chi connectivity index (χ0v) is 13.6. The van der Waals surface area contributed by atoms with Gasteiger partial charge in [-0.3, -0.25) is 9.48 Å². The van der Waals surface area contributed by atoms with Gasteiger partial charge in [0.2, 0.25) is 5.91 Å². The maximum Gasteiger partial charge on any atom is 0.236 e. The predicted octanol–water partition coefficient (Wildman–Crippen LogP) is 1.98. The summed E-state index contributed by atoms with van der Waals surface area (Å²) >= 11 is 0. The van der Waals surface area contributed by atoms with Crippen molar-refractivity contribution in [2.24, 2.45) is 0 Å². The molecule has 6 heteroatoms. The van der Waals surface area contributed by atoms with E-state index in [0.29, 0.717) is 13.1 Å². The molecule has 0 aliphatic carbocycles. The summed E-state index contributed by atoms with van der Waals surface area (Å²) in [6.45, 7) is 6.80. The molecule has 0 spiro atoms. The molecule has 120 valence electrons. The summed E-state index contributed by atoms with van der Waals surface area (Å²) in [4.78, 5) is 13.8. The van der Waals surface area contributed by atoms with E-state index in [4.69, 9.17) is 4.42 Å². The lowest BCUT2D eigenvalue weighted by Gasteiger charge is -2.23. The van der Waals surface area contributed by atoms with Crippen LogP contribution in [0.5, 0.6) is 0 Å². The summed E-state index contributed by atoms with van der Waals surface area (Å²) in [5.41, 5.74) is 0. The first-order valence-corrected chi connectivity index (χ1v) is 7.49. The summed E-state index contributed by atoms with van der Waals surface area (Å²) in [5.74, 6) is 1.69. The maximum atomic E-state index is 12.2. The van der Waals surface area contributed by atoms with Crippen molar-refractivity contribution in [3.05, 3.63) is 42.1 Å². The molecule has 2 aromatic heterocycles. The highest BCUT2D eigenvalue weighted by molar-refractivity contribution is 5.77. The second-order valence-electron chi connectivity index (χ2n) is 5.66. The van der Waals surface area contributed by atoms with Crippen LogP contribution in [-0.4, -0.2) is 40.2 Å². The topological polar surface area (TPSA) is 63.3 Å². The van der Waals surface area contributed by atoms with Crippen LogP contribution in [0.3, 0.4) is 0 Å². The van der Waals surface area contributed by atoms with Gasteiger partial charge < -0.3 is 14.6 Å². The molecule has 6 nitrogen and oxygen atoms in total. The quantitative estimate of drug-likeness (QED) is 0.849. The SMILES string of the molecule is Cc1ccc(CN(C)C(=O)CN[C@@H](C)[C@H](C)n2cccn2)o1. The van der Waals surface area contributed by atoms with Crippen molar-refractivity contribution in [1.82, 2.24) is 20.0 Å². The molecule has 0 aromatic carbocycles. The van der Waals surface area contributed by atoms with E-state index in [-0.39, 0.29) is 18.0 Å². The molecule has 1 amide bonds. The van der Waals surface area contributed by atoms with E-state index in [1.165, 1.54) is 0 Å². The number of aryl methyl sites for hydroxylation is 1. The second kappa shape index (κ2) is 7.26. The number of hydrogen-bond acceptors (Lipinski definition) is 4. The first-order chi connectivity index (χ1) is 10.5. The molecule has 1 N–H and O–H groups in total. The van der Waals surface area contributed by atoms with E-state index in [0.717, 1.165) is 11.5 Å². The molecule has 0 aliphatic heterocycles. The standard InChI is InChI=1S/C16H24N4O2/c1-12-6-7-15(22-12)11-19(4)16(21)10-17-13(2)14(3)20-9-5-8-18-20/h5-9,13-14,17H,10-11H2,1-4H3/t13-,14-/m0/s1. The largest absolute Gasteiger partial charge is 0.464 e. The Bertz CT molecular complexity index is 591. The highest BCUT2D eigenvalue weighted by atomic mass is 16.3. The fourth-order valence-electron chi connectivity index (χ4n) is 2.20. The van der Waals surface area contributed by atoms with Gasteiger partial charge in [-0.2, -0.15) is 5.10 Å². The average molecular weight is 304 g/mol. The lowest BCUT2D eigenvalue weighted by molar-refractivity contribution is -0.129. The monoisotopic (exact) mass is 304 g/mol. The van der Waals surface area contributed by atoms with Gasteiger partial charge >= 0.3 is 0 Å². The number of rotatable bonds is 7. The van der Waals surface area contributed by atoms with Crippen LogP contribution in [-0.2, 0) is 11.3 Å². The first-order valence-electron chi connectivity index (χ1n) is 7.49. The molecule has 2 atom stereocenters. The molecule has 2 heterocycles. The second-order valence-corrected chi connectivity index (χ2v) is 5.66. The summed E-state index contributed by atoms with van der Waals surface area (Å²) in [7, 11) is 1.78. The normalized spacial score (nSPS) is 13.8. The minimum absolute atomic E-state index is 0.0357. The molecule has 0 radical (unpaired) electrons. The molecule has 22 heavy (non-hydrogen) atoms. The number of nitrogens with one attached hydrogen (secondary N) is 1. The Morgan fingerprint density at radius 1 is 1.45 bits per heavy atom. The number of carbonyl (C=O) groups excluding carboxylic acids is 1. The summed E-state index contributed by atoms with van der Waals surface area (Å²) < 4.78 is 7.38. The van der Waals surface area contributed by atoms with Gasteiger partial charge in [0, 0.05) is 25.5 Å². The third kappa shape index (κ3) is 4.21. The van der Waals surface area contributed by atoms with Gasteiger partial charge in [0.25, 0.3) is 0 Å². The molecule has 0 saturated carbocycles. The van der Waals surface area contributed by atoms with Gasteiger partial charge in [0.15, 0.2) is 0 Å². The molecular formula is C16H24N4O2. The molecule has 2 rings (SSSR count). The number of likely N-dealkylation sites (N-methyl/N-ethyl adjacent to an activating group) is 1. The van der Waals surface area contributed by atoms with Gasteiger partial charge in [-0.1, -0.05) is 0 Å². The Hall–Kier alpha value is -2.08. The fraction of sp³-hybridized carbons (Fsp3) is 0.500. The molecule has 0 saturated heterocycles. The third-order valence-corrected chi connectivity index (χ3v) is 3.86. The third-order valence-electron chi connectivity index (χ3n) is 3.86. The molecule has 0 unspecified atom stereocenters. The summed E-state index contributed by atoms with van der Waals surface area (Å²) in [6.07, 6.45) is 3.68. The van der Waals surface area contributed by atoms with Gasteiger partial charge in [-0.05, 0) is 39.0 Å². The van der Waals surface area contributed by atoms with Crippen molar-refractivity contribution >= 4 is 5.91 Å². The lowest BCUT2D eigenvalue weighted by atomic mass is 10.2. The van der Waals surface area contributed by atoms with Gasteiger partial charge in [-0.15, -0.1) is 0 Å². The van der Waals surface area contributed by atoms with Crippen molar-refractivity contribution in [1.29, 1.82) is 0 Å². The highest BCUT2D eigenvalue weighted by Gasteiger charge is 2.17. The smallest absolute Gasteiger partial charge is 0.236 e. The Labute approximate surface area is 131 Å². The van der Waals surface area contributed by atoms with Crippen LogP contribution in [0.1, 0.15) is 31.4 Å². The number of hydrogen-bond donors (Lipinski definition) is 1. The van der Waals surface area contributed by atoms with Crippen LogP contribution in [0.25, 0.3) is 0 Å². The van der Waals surface area contributed by atoms with Crippen LogP contribution >= 0.6 is 0 Å². The van der Waals surface area contributed by atoms with Crippen LogP contribution in [0.4, 0.5) is 0 Å². The maximum absolute atomic E-state index is 12.2. The van der Waals surface area contributed by atoms with Crippen LogP contribution < -0.4 is 5.32 Å². The average Bonchev–Trinajstić information content (AvgIpc) is 3.15. The van der Waals surface area contributed by atoms with Crippen molar-refractivity contribution in [3.63, 3.8) is 0 Å². The Morgan fingerprint density at radius 3 is 2.82 bits per heavy atom. The minimum atomic E-state index is 0.0357. The van der Waals surface area contributed by atoms with Crippen molar-refractivity contribution in [2.75, 3.05) is 13.6 Å². The van der Waals surface area contributed by atoms with E-state index < -0.39 is 0 Å². The number of amides is 1. The van der Waals surface area contributed by atoms with E-state index in [1.54, 1.807) is 18.1 Å². The van der Waals surface area contributed by atoms with Crippen LogP contribution in [0.15, 0.2) is 35.0 Å². The number of furan rings is 1. The highest BCUT2D eigenvalue weighted by Crippen LogP contribution is 2.10. The van der Waals surface area contributed by atoms with E-state index in [9.17, 15) is 4.79 Å². The zero-order chi connectivity index (χ0) is 16.1. The minimum Gasteiger partial charge on any atom is -0.464 e. The Morgan fingerprint density at radius 2 is 2.23 bits per heavy atom. The van der Waals surface area contributed by atoms with E-state index in [2.05, 4.69) is 24.3 Å². The first kappa shape index (κ1) is 16.3. The Kier molecular flexibility index (Phi) is 5.38. The molecule has 0 bridgehead atoms. The predicted molar refractivity (Wildman–Crippen MR) is 84.3 cm³/mol. The van der Waals surface area contributed by atoms with Crippen LogP contribution in [0, 0.1) is 6.92 Å². The molecule has 2 aromatic rings. The van der Waals surface area contributed by atoms with Crippen molar-refractivity contribution < 1.29 is 9.21 Å². The fourth-order valence-corrected chi connectivity index (χ4v) is 2.20.